The first-order chi connectivity index (χ1) is 5.07. The lowest BCUT2D eigenvalue weighted by atomic mass is 10.8. The summed E-state index contributed by atoms with van der Waals surface area (Å²) in [5, 5.41) is 0. The van der Waals surface area contributed by atoms with Gasteiger partial charge in [0.25, 0.3) is 6.43 Å². The molecule has 1 unspecified atom stereocenters. The predicted octanol–water partition coefficient (Wildman–Crippen LogP) is 1.78. The van der Waals surface area contributed by atoms with E-state index in [-0.39, 0.29) is 0 Å². The van der Waals surface area contributed by atoms with Crippen LogP contribution in [0.4, 0.5) is 13.6 Å². The number of methoxy groups -OCH3 is 1. The number of rotatable bonds is 4. The highest BCUT2D eigenvalue weighted by molar-refractivity contribution is 7.58. The van der Waals surface area contributed by atoms with Gasteiger partial charge in [-0.1, -0.05) is 0 Å². The highest BCUT2D eigenvalue weighted by atomic mass is 31.1. The molecule has 0 aromatic rings. The van der Waals surface area contributed by atoms with Gasteiger partial charge in [0.15, 0.2) is 6.61 Å². The summed E-state index contributed by atoms with van der Waals surface area (Å²) in [6, 6.07) is 0. The maximum absolute atomic E-state index is 11.4. The minimum Gasteiger partial charge on any atom is -0.429 e. The van der Waals surface area contributed by atoms with Gasteiger partial charge in [0.2, 0.25) is 0 Å². The molecule has 0 aromatic heterocycles. The van der Waals surface area contributed by atoms with Crippen LogP contribution >= 0.6 is 8.03 Å². The molecule has 0 fully saturated rings. The number of halogens is 2. The zero-order valence-corrected chi connectivity index (χ0v) is 6.52. The summed E-state index contributed by atoms with van der Waals surface area (Å²) in [6.07, 6.45) is -2.74. The van der Waals surface area contributed by atoms with Crippen molar-refractivity contribution >= 4 is 13.7 Å². The van der Waals surface area contributed by atoms with Crippen LogP contribution in [-0.4, -0.2) is 25.9 Å². The third-order valence-electron chi connectivity index (χ3n) is 0.641. The highest BCUT2D eigenvalue weighted by Gasteiger charge is 2.33. The van der Waals surface area contributed by atoms with E-state index in [1.807, 2.05) is 0 Å². The van der Waals surface area contributed by atoms with Gasteiger partial charge in [-0.3, -0.25) is 0 Å². The summed E-state index contributed by atoms with van der Waals surface area (Å²) in [4.78, 5) is 10.2. The summed E-state index contributed by atoms with van der Waals surface area (Å²) < 4.78 is 41.0. The van der Waals surface area contributed by atoms with E-state index in [1.165, 1.54) is 0 Å². The van der Waals surface area contributed by atoms with Crippen molar-refractivity contribution in [3.8, 4) is 0 Å². The van der Waals surface area contributed by atoms with Gasteiger partial charge in [0.1, 0.15) is 0 Å². The van der Waals surface area contributed by atoms with Crippen LogP contribution in [0.25, 0.3) is 0 Å². The minimum atomic E-state index is -2.77. The Balaban J connectivity index is 3.61. The van der Waals surface area contributed by atoms with Gasteiger partial charge in [-0.25, -0.2) is 8.78 Å². The molecule has 0 spiro atoms. The number of ether oxygens (including phenoxy) is 1. The Kier molecular flexibility index (Phi) is 4.81. The monoisotopic (exact) mass is 187 g/mol. The van der Waals surface area contributed by atoms with Crippen LogP contribution in [0.3, 0.4) is 0 Å². The molecule has 7 heteroatoms. The molecule has 4 nitrogen and oxygen atoms in total. The van der Waals surface area contributed by atoms with Gasteiger partial charge in [-0.05, 0) is 4.57 Å². The third kappa shape index (κ3) is 4.75. The van der Waals surface area contributed by atoms with Crippen molar-refractivity contribution in [2.45, 2.75) is 6.43 Å². The summed E-state index contributed by atoms with van der Waals surface area (Å²) in [5.74, 6) is 0. The zero-order valence-electron chi connectivity index (χ0n) is 5.62. The molecule has 0 N–H and O–H groups in total. The summed E-state index contributed by atoms with van der Waals surface area (Å²) >= 11 is 0. The first-order valence-electron chi connectivity index (χ1n) is 2.54. The molecule has 0 bridgehead atoms. The predicted molar refractivity (Wildman–Crippen MR) is 32.0 cm³/mol. The van der Waals surface area contributed by atoms with E-state index in [4.69, 9.17) is 0 Å². The SMILES string of the molecule is COC(=O)[P+](=O)OCC(F)F. The number of hydrogen-bond donors (Lipinski definition) is 0. The smallest absolute Gasteiger partial charge is 0.429 e. The first-order valence-corrected chi connectivity index (χ1v) is 3.72. The van der Waals surface area contributed by atoms with Crippen LogP contribution in [0.2, 0.25) is 0 Å². The van der Waals surface area contributed by atoms with Crippen LogP contribution in [-0.2, 0) is 13.8 Å². The Bertz CT molecular complexity index is 160. The Morgan fingerprint density at radius 3 is 2.55 bits per heavy atom. The van der Waals surface area contributed by atoms with Crippen LogP contribution in [0, 0.1) is 0 Å². The Morgan fingerprint density at radius 1 is 1.64 bits per heavy atom. The molecule has 1 atom stereocenters. The lowest BCUT2D eigenvalue weighted by Gasteiger charge is -1.88. The fourth-order valence-electron chi connectivity index (χ4n) is 0.251. The minimum absolute atomic E-state index is 0.987. The normalized spacial score (nSPS) is 11.5. The number of alkyl halides is 2. The van der Waals surface area contributed by atoms with E-state index in [0.717, 1.165) is 7.11 Å². The number of carbonyl (C=O) groups is 1. The molecule has 0 saturated heterocycles. The van der Waals surface area contributed by atoms with E-state index in [0.29, 0.717) is 0 Å². The number of hydrogen-bond acceptors (Lipinski definition) is 4. The fourth-order valence-corrected chi connectivity index (χ4v) is 0.754. The van der Waals surface area contributed by atoms with E-state index in [9.17, 15) is 18.1 Å². The summed E-state index contributed by atoms with van der Waals surface area (Å²) in [6.45, 7) is -1.02. The largest absolute Gasteiger partial charge is 0.636 e. The summed E-state index contributed by atoms with van der Waals surface area (Å²) in [7, 11) is -1.78. The van der Waals surface area contributed by atoms with Gasteiger partial charge in [0.05, 0.1) is 7.11 Å². The zero-order chi connectivity index (χ0) is 8.85. The second-order valence-electron chi connectivity index (χ2n) is 1.41. The molecule has 0 heterocycles. The second-order valence-corrected chi connectivity index (χ2v) is 2.55. The maximum Gasteiger partial charge on any atom is 0.636 e. The lowest BCUT2D eigenvalue weighted by molar-refractivity contribution is 0.0852. The molecule has 64 valence electrons. The molecule has 0 aliphatic rings. The highest BCUT2D eigenvalue weighted by Crippen LogP contribution is 2.24. The van der Waals surface area contributed by atoms with Crippen molar-refractivity contribution in [2.24, 2.45) is 0 Å². The topological polar surface area (TPSA) is 52.6 Å². The van der Waals surface area contributed by atoms with Crippen LogP contribution < -0.4 is 0 Å². The van der Waals surface area contributed by atoms with Crippen molar-refractivity contribution in [2.75, 3.05) is 13.7 Å². The molecular formula is C4H6F2O4P+. The average Bonchev–Trinajstić information content (AvgIpc) is 1.98. The lowest BCUT2D eigenvalue weighted by Crippen LogP contribution is -2.02. The Hall–Kier alpha value is -0.610. The van der Waals surface area contributed by atoms with E-state index in [1.54, 1.807) is 0 Å². The standard InChI is InChI=1S/C4H6F2O4P/c1-9-4(7)11(8)10-2-3(5)6/h3H,2H2,1H3/q+1. The quantitative estimate of drug-likeness (QED) is 0.629. The second kappa shape index (κ2) is 5.09. The van der Waals surface area contributed by atoms with E-state index < -0.39 is 26.8 Å². The van der Waals surface area contributed by atoms with Crippen molar-refractivity contribution in [1.82, 2.24) is 0 Å². The number of carbonyl (C=O) groups excluding carboxylic acids is 1. The Morgan fingerprint density at radius 2 is 2.18 bits per heavy atom. The van der Waals surface area contributed by atoms with Crippen LogP contribution in [0.1, 0.15) is 0 Å². The first kappa shape index (κ1) is 10.4. The molecule has 0 radical (unpaired) electrons. The molecular weight excluding hydrogens is 181 g/mol. The van der Waals surface area contributed by atoms with Crippen molar-refractivity contribution in [3.63, 3.8) is 0 Å². The third-order valence-corrected chi connectivity index (χ3v) is 1.51. The van der Waals surface area contributed by atoms with Gasteiger partial charge in [-0.15, -0.1) is 4.52 Å². The van der Waals surface area contributed by atoms with Crippen LogP contribution in [0.15, 0.2) is 0 Å². The molecule has 11 heavy (non-hydrogen) atoms. The van der Waals surface area contributed by atoms with Gasteiger partial charge >= 0.3 is 13.7 Å². The fraction of sp³-hybridized carbons (Fsp3) is 0.750. The molecule has 0 aliphatic heterocycles. The Labute approximate surface area is 62.3 Å². The molecule has 0 aromatic carbocycles. The van der Waals surface area contributed by atoms with Gasteiger partial charge < -0.3 is 4.74 Å². The maximum atomic E-state index is 11.4. The van der Waals surface area contributed by atoms with Gasteiger partial charge in [0, 0.05) is 0 Å². The van der Waals surface area contributed by atoms with Crippen molar-refractivity contribution in [3.05, 3.63) is 0 Å². The molecule has 0 aliphatic carbocycles. The molecule has 0 saturated carbocycles. The summed E-state index contributed by atoms with van der Waals surface area (Å²) in [5.41, 5.74) is -1.14. The van der Waals surface area contributed by atoms with E-state index >= 15 is 0 Å². The molecule has 0 amide bonds. The van der Waals surface area contributed by atoms with Crippen LogP contribution in [0.5, 0.6) is 0 Å². The van der Waals surface area contributed by atoms with Crippen molar-refractivity contribution < 1.29 is 27.4 Å². The van der Waals surface area contributed by atoms with Crippen molar-refractivity contribution in [1.29, 1.82) is 0 Å². The average molecular weight is 187 g/mol. The molecule has 0 rings (SSSR count). The van der Waals surface area contributed by atoms with Gasteiger partial charge in [-0.2, -0.15) is 4.79 Å². The van der Waals surface area contributed by atoms with E-state index in [2.05, 4.69) is 9.26 Å².